The van der Waals surface area contributed by atoms with Crippen molar-refractivity contribution in [3.8, 4) is 0 Å². The fourth-order valence-electron chi connectivity index (χ4n) is 1.76. The molecule has 0 aliphatic rings. The van der Waals surface area contributed by atoms with Crippen molar-refractivity contribution in [3.63, 3.8) is 0 Å². The van der Waals surface area contributed by atoms with Crippen molar-refractivity contribution in [2.24, 2.45) is 0 Å². The van der Waals surface area contributed by atoms with Gasteiger partial charge in [-0.3, -0.25) is 0 Å². The van der Waals surface area contributed by atoms with E-state index in [1.165, 1.54) is 7.11 Å². The van der Waals surface area contributed by atoms with Gasteiger partial charge in [0.1, 0.15) is 0 Å². The molecule has 0 heterocycles. The lowest BCUT2D eigenvalue weighted by molar-refractivity contribution is 0.0601. The normalized spacial score (nSPS) is 9.79. The first kappa shape index (κ1) is 13.0. The topological polar surface area (TPSA) is 50.4 Å². The maximum absolute atomic E-state index is 11.5. The van der Waals surface area contributed by atoms with Gasteiger partial charge in [0.05, 0.1) is 12.7 Å². The molecule has 2 aromatic rings. The molecule has 19 heavy (non-hydrogen) atoms. The number of rotatable bonds is 4. The van der Waals surface area contributed by atoms with Crippen LogP contribution in [0.15, 0.2) is 48.5 Å². The van der Waals surface area contributed by atoms with Crippen molar-refractivity contribution in [2.75, 3.05) is 24.8 Å². The standard InChI is InChI=1S/C15H16N2O2/c1-16-12-6-4-8-14(10-12)17-13-7-3-5-11(9-13)15(18)19-2/h3-10,16-17H,1-2H3. The molecule has 0 bridgehead atoms. The number of nitrogens with one attached hydrogen (secondary N) is 2. The Morgan fingerprint density at radius 1 is 1.00 bits per heavy atom. The molecular formula is C15H16N2O2. The van der Waals surface area contributed by atoms with Crippen LogP contribution in [0.25, 0.3) is 0 Å². The van der Waals surface area contributed by atoms with Crippen molar-refractivity contribution in [3.05, 3.63) is 54.1 Å². The Morgan fingerprint density at radius 3 is 2.32 bits per heavy atom. The van der Waals surface area contributed by atoms with Crippen LogP contribution in [-0.2, 0) is 4.74 Å². The third-order valence-corrected chi connectivity index (χ3v) is 2.72. The molecule has 0 aliphatic carbocycles. The maximum atomic E-state index is 11.5. The lowest BCUT2D eigenvalue weighted by atomic mass is 10.2. The summed E-state index contributed by atoms with van der Waals surface area (Å²) in [6.45, 7) is 0. The Kier molecular flexibility index (Phi) is 4.03. The first-order chi connectivity index (χ1) is 9.22. The highest BCUT2D eigenvalue weighted by atomic mass is 16.5. The fraction of sp³-hybridized carbons (Fsp3) is 0.133. The average Bonchev–Trinajstić information content (AvgIpc) is 2.47. The molecule has 0 atom stereocenters. The van der Waals surface area contributed by atoms with E-state index < -0.39 is 0 Å². The van der Waals surface area contributed by atoms with Crippen molar-refractivity contribution in [2.45, 2.75) is 0 Å². The van der Waals surface area contributed by atoms with E-state index in [1.807, 2.05) is 43.4 Å². The zero-order chi connectivity index (χ0) is 13.7. The summed E-state index contributed by atoms with van der Waals surface area (Å²) < 4.78 is 4.70. The Bertz CT molecular complexity index is 582. The molecular weight excluding hydrogens is 240 g/mol. The smallest absolute Gasteiger partial charge is 0.337 e. The highest BCUT2D eigenvalue weighted by Crippen LogP contribution is 2.20. The van der Waals surface area contributed by atoms with Gasteiger partial charge in [0.2, 0.25) is 0 Å². The van der Waals surface area contributed by atoms with Crippen LogP contribution in [-0.4, -0.2) is 20.1 Å². The van der Waals surface area contributed by atoms with E-state index in [4.69, 9.17) is 4.74 Å². The minimum Gasteiger partial charge on any atom is -0.465 e. The van der Waals surface area contributed by atoms with Crippen molar-refractivity contribution >= 4 is 23.0 Å². The molecule has 98 valence electrons. The summed E-state index contributed by atoms with van der Waals surface area (Å²) in [6.07, 6.45) is 0. The van der Waals surface area contributed by atoms with Gasteiger partial charge in [-0.25, -0.2) is 4.79 Å². The van der Waals surface area contributed by atoms with Crippen molar-refractivity contribution in [1.82, 2.24) is 0 Å². The summed E-state index contributed by atoms with van der Waals surface area (Å²) in [5.41, 5.74) is 3.34. The first-order valence-electron chi connectivity index (χ1n) is 5.96. The van der Waals surface area contributed by atoms with E-state index in [2.05, 4.69) is 10.6 Å². The number of carbonyl (C=O) groups is 1. The minimum absolute atomic E-state index is 0.340. The summed E-state index contributed by atoms with van der Waals surface area (Å²) in [7, 11) is 3.25. The lowest BCUT2D eigenvalue weighted by Gasteiger charge is -2.09. The molecule has 0 fully saturated rings. The van der Waals surface area contributed by atoms with Crippen LogP contribution < -0.4 is 10.6 Å². The molecule has 0 unspecified atom stereocenters. The molecule has 4 heteroatoms. The van der Waals surface area contributed by atoms with Crippen LogP contribution in [0, 0.1) is 0 Å². The number of benzene rings is 2. The van der Waals surface area contributed by atoms with Gasteiger partial charge in [0.25, 0.3) is 0 Å². The SMILES string of the molecule is CNc1cccc(Nc2cccc(C(=O)OC)c2)c1. The zero-order valence-electron chi connectivity index (χ0n) is 10.9. The molecule has 0 amide bonds. The number of esters is 1. The van der Waals surface area contributed by atoms with E-state index in [9.17, 15) is 4.79 Å². The summed E-state index contributed by atoms with van der Waals surface area (Å²) in [6, 6.07) is 15.1. The Hall–Kier alpha value is -2.49. The number of ether oxygens (including phenoxy) is 1. The molecule has 0 aliphatic heterocycles. The van der Waals surface area contributed by atoms with Crippen LogP contribution in [0.5, 0.6) is 0 Å². The van der Waals surface area contributed by atoms with Gasteiger partial charge in [-0.05, 0) is 36.4 Å². The average molecular weight is 256 g/mol. The van der Waals surface area contributed by atoms with Gasteiger partial charge in [-0.1, -0.05) is 12.1 Å². The summed E-state index contributed by atoms with van der Waals surface area (Å²) in [5.74, 6) is -0.340. The summed E-state index contributed by atoms with van der Waals surface area (Å²) in [4.78, 5) is 11.5. The van der Waals surface area contributed by atoms with Gasteiger partial charge in [-0.15, -0.1) is 0 Å². The predicted molar refractivity (Wildman–Crippen MR) is 77.1 cm³/mol. The highest BCUT2D eigenvalue weighted by Gasteiger charge is 2.05. The van der Waals surface area contributed by atoms with Crippen LogP contribution in [0.4, 0.5) is 17.1 Å². The Labute approximate surface area is 112 Å². The van der Waals surface area contributed by atoms with E-state index in [0.717, 1.165) is 17.1 Å². The van der Waals surface area contributed by atoms with E-state index in [0.29, 0.717) is 5.56 Å². The van der Waals surface area contributed by atoms with Crippen molar-refractivity contribution in [1.29, 1.82) is 0 Å². The van der Waals surface area contributed by atoms with E-state index in [1.54, 1.807) is 12.1 Å². The third-order valence-electron chi connectivity index (χ3n) is 2.72. The van der Waals surface area contributed by atoms with Gasteiger partial charge in [0, 0.05) is 24.1 Å². The van der Waals surface area contributed by atoms with Crippen LogP contribution >= 0.6 is 0 Å². The first-order valence-corrected chi connectivity index (χ1v) is 5.96. The van der Waals surface area contributed by atoms with Gasteiger partial charge < -0.3 is 15.4 Å². The molecule has 0 saturated heterocycles. The fourth-order valence-corrected chi connectivity index (χ4v) is 1.76. The predicted octanol–water partition coefficient (Wildman–Crippen LogP) is 3.26. The van der Waals surface area contributed by atoms with Gasteiger partial charge in [0.15, 0.2) is 0 Å². The molecule has 0 aromatic heterocycles. The van der Waals surface area contributed by atoms with Crippen molar-refractivity contribution < 1.29 is 9.53 Å². The second-order valence-corrected chi connectivity index (χ2v) is 4.03. The van der Waals surface area contributed by atoms with E-state index in [-0.39, 0.29) is 5.97 Å². The molecule has 2 N–H and O–H groups in total. The van der Waals surface area contributed by atoms with Gasteiger partial charge >= 0.3 is 5.97 Å². The monoisotopic (exact) mass is 256 g/mol. The summed E-state index contributed by atoms with van der Waals surface area (Å²) in [5, 5.41) is 6.33. The number of methoxy groups -OCH3 is 1. The molecule has 2 rings (SSSR count). The van der Waals surface area contributed by atoms with Crippen LogP contribution in [0.1, 0.15) is 10.4 Å². The Morgan fingerprint density at radius 2 is 1.63 bits per heavy atom. The third kappa shape index (κ3) is 3.25. The minimum atomic E-state index is -0.340. The molecule has 0 spiro atoms. The lowest BCUT2D eigenvalue weighted by Crippen LogP contribution is -2.01. The molecule has 0 radical (unpaired) electrons. The number of anilines is 3. The Balaban J connectivity index is 2.20. The maximum Gasteiger partial charge on any atom is 0.337 e. The van der Waals surface area contributed by atoms with Crippen LogP contribution in [0.3, 0.4) is 0 Å². The second kappa shape index (κ2) is 5.91. The molecule has 2 aromatic carbocycles. The second-order valence-electron chi connectivity index (χ2n) is 4.03. The number of hydrogen-bond donors (Lipinski definition) is 2. The van der Waals surface area contributed by atoms with Crippen LogP contribution in [0.2, 0.25) is 0 Å². The summed E-state index contributed by atoms with van der Waals surface area (Å²) >= 11 is 0. The number of hydrogen-bond acceptors (Lipinski definition) is 4. The quantitative estimate of drug-likeness (QED) is 0.824. The highest BCUT2D eigenvalue weighted by molar-refractivity contribution is 5.90. The molecule has 0 saturated carbocycles. The molecule has 4 nitrogen and oxygen atoms in total. The zero-order valence-corrected chi connectivity index (χ0v) is 10.9. The largest absolute Gasteiger partial charge is 0.465 e. The van der Waals surface area contributed by atoms with Gasteiger partial charge in [-0.2, -0.15) is 0 Å². The number of carbonyl (C=O) groups excluding carboxylic acids is 1. The van der Waals surface area contributed by atoms with E-state index >= 15 is 0 Å².